The Morgan fingerprint density at radius 1 is 1.60 bits per heavy atom. The molecule has 0 saturated heterocycles. The SMILES string of the molecule is CCOC1CC(Nc2cc(N)ccn2)C1. The Bertz CT molecular complexity index is 323. The van der Waals surface area contributed by atoms with Crippen LogP contribution >= 0.6 is 0 Å². The molecule has 2 rings (SSSR count). The van der Waals surface area contributed by atoms with Crippen molar-refractivity contribution in [2.45, 2.75) is 31.9 Å². The molecular formula is C11H17N3O. The summed E-state index contributed by atoms with van der Waals surface area (Å²) in [5.74, 6) is 0.856. The first-order valence-corrected chi connectivity index (χ1v) is 5.37. The molecule has 1 saturated carbocycles. The van der Waals surface area contributed by atoms with Gasteiger partial charge in [-0.3, -0.25) is 0 Å². The minimum Gasteiger partial charge on any atom is -0.399 e. The van der Waals surface area contributed by atoms with Crippen molar-refractivity contribution in [2.24, 2.45) is 0 Å². The van der Waals surface area contributed by atoms with Crippen LogP contribution in [0.4, 0.5) is 11.5 Å². The predicted molar refractivity (Wildman–Crippen MR) is 60.7 cm³/mol. The standard InChI is InChI=1S/C11H17N3O/c1-2-15-10-6-9(7-10)14-11-5-8(12)3-4-13-11/h3-5,9-10H,2,6-7H2,1H3,(H3,12,13,14). The molecular weight excluding hydrogens is 190 g/mol. The molecule has 4 nitrogen and oxygen atoms in total. The van der Waals surface area contributed by atoms with E-state index < -0.39 is 0 Å². The molecule has 4 heteroatoms. The highest BCUT2D eigenvalue weighted by Gasteiger charge is 2.29. The lowest BCUT2D eigenvalue weighted by Gasteiger charge is -2.35. The van der Waals surface area contributed by atoms with E-state index in [4.69, 9.17) is 10.5 Å². The number of rotatable bonds is 4. The summed E-state index contributed by atoms with van der Waals surface area (Å²) in [6, 6.07) is 4.12. The topological polar surface area (TPSA) is 60.2 Å². The van der Waals surface area contributed by atoms with Crippen LogP contribution in [0, 0.1) is 0 Å². The van der Waals surface area contributed by atoms with E-state index in [2.05, 4.69) is 10.3 Å². The number of pyridine rings is 1. The number of aromatic nitrogens is 1. The molecule has 0 aromatic carbocycles. The van der Waals surface area contributed by atoms with E-state index in [9.17, 15) is 0 Å². The highest BCUT2D eigenvalue weighted by Crippen LogP contribution is 2.26. The van der Waals surface area contributed by atoms with Gasteiger partial charge in [-0.2, -0.15) is 0 Å². The van der Waals surface area contributed by atoms with Gasteiger partial charge in [0.15, 0.2) is 0 Å². The number of nitrogen functional groups attached to an aromatic ring is 1. The van der Waals surface area contributed by atoms with Gasteiger partial charge in [-0.05, 0) is 25.8 Å². The molecule has 1 fully saturated rings. The number of ether oxygens (including phenoxy) is 1. The summed E-state index contributed by atoms with van der Waals surface area (Å²) >= 11 is 0. The van der Waals surface area contributed by atoms with Crippen molar-refractivity contribution in [3.8, 4) is 0 Å². The van der Waals surface area contributed by atoms with Crippen molar-refractivity contribution in [3.63, 3.8) is 0 Å². The van der Waals surface area contributed by atoms with Crippen molar-refractivity contribution in [1.82, 2.24) is 4.98 Å². The first-order valence-electron chi connectivity index (χ1n) is 5.37. The highest BCUT2D eigenvalue weighted by molar-refractivity contribution is 5.49. The van der Waals surface area contributed by atoms with Crippen LogP contribution in [-0.4, -0.2) is 23.7 Å². The van der Waals surface area contributed by atoms with Crippen molar-refractivity contribution in [1.29, 1.82) is 0 Å². The number of hydrogen-bond donors (Lipinski definition) is 2. The van der Waals surface area contributed by atoms with Gasteiger partial charge in [-0.15, -0.1) is 0 Å². The summed E-state index contributed by atoms with van der Waals surface area (Å²) in [5.41, 5.74) is 6.41. The largest absolute Gasteiger partial charge is 0.399 e. The second-order valence-electron chi connectivity index (χ2n) is 3.86. The Kier molecular flexibility index (Phi) is 3.06. The summed E-state index contributed by atoms with van der Waals surface area (Å²) in [6.45, 7) is 2.83. The zero-order valence-electron chi connectivity index (χ0n) is 8.94. The second-order valence-corrected chi connectivity index (χ2v) is 3.86. The first-order chi connectivity index (χ1) is 7.28. The minimum absolute atomic E-state index is 0.425. The van der Waals surface area contributed by atoms with Crippen LogP contribution in [-0.2, 0) is 4.74 Å². The second kappa shape index (κ2) is 4.49. The average molecular weight is 207 g/mol. The summed E-state index contributed by atoms with van der Waals surface area (Å²) in [7, 11) is 0. The number of anilines is 2. The summed E-state index contributed by atoms with van der Waals surface area (Å²) < 4.78 is 5.48. The average Bonchev–Trinajstić information content (AvgIpc) is 2.15. The maximum Gasteiger partial charge on any atom is 0.128 e. The fraction of sp³-hybridized carbons (Fsp3) is 0.545. The fourth-order valence-corrected chi connectivity index (χ4v) is 1.79. The van der Waals surface area contributed by atoms with E-state index >= 15 is 0 Å². The molecule has 0 amide bonds. The molecule has 0 atom stereocenters. The van der Waals surface area contributed by atoms with Gasteiger partial charge in [0.05, 0.1) is 6.10 Å². The lowest BCUT2D eigenvalue weighted by molar-refractivity contribution is 0.00293. The van der Waals surface area contributed by atoms with Crippen molar-refractivity contribution < 1.29 is 4.74 Å². The zero-order chi connectivity index (χ0) is 10.7. The maximum absolute atomic E-state index is 5.66. The molecule has 0 aliphatic heterocycles. The molecule has 3 N–H and O–H groups in total. The van der Waals surface area contributed by atoms with Gasteiger partial charge in [0.1, 0.15) is 5.82 Å². The molecule has 0 unspecified atom stereocenters. The van der Waals surface area contributed by atoms with Crippen LogP contribution in [0.2, 0.25) is 0 Å². The number of nitrogens with zero attached hydrogens (tertiary/aromatic N) is 1. The molecule has 0 radical (unpaired) electrons. The van der Waals surface area contributed by atoms with E-state index in [1.54, 1.807) is 12.3 Å². The van der Waals surface area contributed by atoms with E-state index in [-0.39, 0.29) is 0 Å². The van der Waals surface area contributed by atoms with E-state index in [1.165, 1.54) is 0 Å². The number of nitrogens with one attached hydrogen (secondary N) is 1. The van der Waals surface area contributed by atoms with Gasteiger partial charge in [0.2, 0.25) is 0 Å². The van der Waals surface area contributed by atoms with Crippen LogP contribution in [0.1, 0.15) is 19.8 Å². The molecule has 1 aromatic heterocycles. The quantitative estimate of drug-likeness (QED) is 0.788. The third-order valence-corrected chi connectivity index (χ3v) is 2.63. The van der Waals surface area contributed by atoms with E-state index in [1.807, 2.05) is 13.0 Å². The maximum atomic E-state index is 5.66. The van der Waals surface area contributed by atoms with Gasteiger partial charge in [-0.1, -0.05) is 0 Å². The minimum atomic E-state index is 0.425. The first kappa shape index (κ1) is 10.2. The van der Waals surface area contributed by atoms with Gasteiger partial charge in [-0.25, -0.2) is 4.98 Å². The Morgan fingerprint density at radius 2 is 2.40 bits per heavy atom. The molecule has 82 valence electrons. The fourth-order valence-electron chi connectivity index (χ4n) is 1.79. The van der Waals surface area contributed by atoms with Gasteiger partial charge in [0, 0.05) is 30.6 Å². The molecule has 0 bridgehead atoms. The Morgan fingerprint density at radius 3 is 3.07 bits per heavy atom. The lowest BCUT2D eigenvalue weighted by atomic mass is 9.89. The van der Waals surface area contributed by atoms with Crippen LogP contribution in [0.25, 0.3) is 0 Å². The molecule has 0 spiro atoms. The molecule has 15 heavy (non-hydrogen) atoms. The summed E-state index contributed by atoms with van der Waals surface area (Å²) in [5, 5.41) is 3.34. The van der Waals surface area contributed by atoms with E-state index in [0.29, 0.717) is 12.1 Å². The van der Waals surface area contributed by atoms with Gasteiger partial charge >= 0.3 is 0 Å². The van der Waals surface area contributed by atoms with Crippen LogP contribution in [0.3, 0.4) is 0 Å². The molecule has 1 aromatic rings. The monoisotopic (exact) mass is 207 g/mol. The van der Waals surface area contributed by atoms with Gasteiger partial charge < -0.3 is 15.8 Å². The lowest BCUT2D eigenvalue weighted by Crippen LogP contribution is -2.41. The summed E-state index contributed by atoms with van der Waals surface area (Å²) in [4.78, 5) is 4.20. The normalized spacial score (nSPS) is 24.6. The number of hydrogen-bond acceptors (Lipinski definition) is 4. The van der Waals surface area contributed by atoms with Crippen LogP contribution < -0.4 is 11.1 Å². The Labute approximate surface area is 89.8 Å². The molecule has 1 aliphatic carbocycles. The van der Waals surface area contributed by atoms with Crippen LogP contribution in [0.5, 0.6) is 0 Å². The van der Waals surface area contributed by atoms with Gasteiger partial charge in [0.25, 0.3) is 0 Å². The van der Waals surface area contributed by atoms with Crippen molar-refractivity contribution >= 4 is 11.5 Å². The Hall–Kier alpha value is -1.29. The molecule has 1 aliphatic rings. The Balaban J connectivity index is 1.80. The smallest absolute Gasteiger partial charge is 0.128 e. The highest BCUT2D eigenvalue weighted by atomic mass is 16.5. The third kappa shape index (κ3) is 2.59. The zero-order valence-corrected chi connectivity index (χ0v) is 8.94. The summed E-state index contributed by atoms with van der Waals surface area (Å²) in [6.07, 6.45) is 4.26. The molecule has 1 heterocycles. The third-order valence-electron chi connectivity index (χ3n) is 2.63. The number of nitrogens with two attached hydrogens (primary N) is 1. The van der Waals surface area contributed by atoms with Crippen LogP contribution in [0.15, 0.2) is 18.3 Å². The van der Waals surface area contributed by atoms with Crippen molar-refractivity contribution in [3.05, 3.63) is 18.3 Å². The van der Waals surface area contributed by atoms with Crippen molar-refractivity contribution in [2.75, 3.05) is 17.7 Å². The van der Waals surface area contributed by atoms with E-state index in [0.717, 1.165) is 31.0 Å². The predicted octanol–water partition coefficient (Wildman–Crippen LogP) is 1.64.